The number of carbonyl (C=O) groups excluding carboxylic acids is 1. The molecule has 25 heavy (non-hydrogen) atoms. The minimum Gasteiger partial charge on any atom is -0.381 e. The molecule has 1 aromatic carbocycles. The predicted molar refractivity (Wildman–Crippen MR) is 97.5 cm³/mol. The maximum Gasteiger partial charge on any atom is 0.318 e. The van der Waals surface area contributed by atoms with Gasteiger partial charge >= 0.3 is 6.03 Å². The van der Waals surface area contributed by atoms with Crippen LogP contribution in [0.25, 0.3) is 0 Å². The molecule has 0 saturated carbocycles. The van der Waals surface area contributed by atoms with Crippen molar-refractivity contribution >= 4 is 6.03 Å². The fraction of sp³-hybridized carbons (Fsp3) is 0.650. The highest BCUT2D eigenvalue weighted by atomic mass is 16.5. The van der Waals surface area contributed by atoms with Crippen LogP contribution in [0.2, 0.25) is 0 Å². The molecule has 0 bridgehead atoms. The van der Waals surface area contributed by atoms with Crippen LogP contribution in [0, 0.1) is 5.92 Å². The van der Waals surface area contributed by atoms with E-state index in [1.807, 2.05) is 36.9 Å². The number of rotatable bonds is 4. The lowest BCUT2D eigenvalue weighted by Gasteiger charge is -2.36. The largest absolute Gasteiger partial charge is 0.381 e. The van der Waals surface area contributed by atoms with E-state index in [1.54, 1.807) is 0 Å². The normalized spacial score (nSPS) is 26.2. The molecule has 1 N–H and O–H groups in total. The lowest BCUT2D eigenvalue weighted by molar-refractivity contribution is -0.0548. The predicted octanol–water partition coefficient (Wildman–Crippen LogP) is 3.36. The van der Waals surface area contributed by atoms with Crippen molar-refractivity contribution in [3.63, 3.8) is 0 Å². The minimum atomic E-state index is 0.0166. The number of hydrogen-bond donors (Lipinski definition) is 1. The van der Waals surface area contributed by atoms with Gasteiger partial charge in [-0.2, -0.15) is 0 Å². The molecular formula is C20H30N2O3. The number of benzene rings is 1. The van der Waals surface area contributed by atoms with Gasteiger partial charge in [-0.15, -0.1) is 0 Å². The Morgan fingerprint density at radius 2 is 1.80 bits per heavy atom. The van der Waals surface area contributed by atoms with E-state index in [4.69, 9.17) is 9.47 Å². The molecule has 2 heterocycles. The van der Waals surface area contributed by atoms with Gasteiger partial charge in [-0.3, -0.25) is 0 Å². The number of morpholine rings is 1. The average molecular weight is 346 g/mol. The monoisotopic (exact) mass is 346 g/mol. The average Bonchev–Trinajstić information content (AvgIpc) is 2.62. The summed E-state index contributed by atoms with van der Waals surface area (Å²) in [6, 6.07) is 10.4. The Balaban J connectivity index is 1.67. The summed E-state index contributed by atoms with van der Waals surface area (Å²) in [5.41, 5.74) is 1.18. The van der Waals surface area contributed by atoms with Crippen molar-refractivity contribution in [1.82, 2.24) is 10.2 Å². The van der Waals surface area contributed by atoms with Crippen LogP contribution in [0.5, 0.6) is 0 Å². The molecule has 1 aromatic rings. The Hall–Kier alpha value is -1.59. The lowest BCUT2D eigenvalue weighted by Crippen LogP contribution is -2.52. The standard InChI is InChI=1S/C20H30N2O3/c1-15-13-22(14-16(2)25-15)20(23)21-19(18-6-4-3-5-7-18)12-17-8-10-24-11-9-17/h3-7,15-17,19H,8-14H2,1-2H3,(H,21,23)/t15-,16+,19-/m0/s1. The van der Waals surface area contributed by atoms with Gasteiger partial charge in [0.25, 0.3) is 0 Å². The van der Waals surface area contributed by atoms with Crippen molar-refractivity contribution in [3.8, 4) is 0 Å². The van der Waals surface area contributed by atoms with Crippen LogP contribution in [-0.2, 0) is 9.47 Å². The van der Waals surface area contributed by atoms with Gasteiger partial charge in [-0.1, -0.05) is 30.3 Å². The third kappa shape index (κ3) is 5.19. The zero-order chi connectivity index (χ0) is 17.6. The second-order valence-corrected chi connectivity index (χ2v) is 7.37. The highest BCUT2D eigenvalue weighted by molar-refractivity contribution is 5.75. The Kier molecular flexibility index (Phi) is 6.32. The summed E-state index contributed by atoms with van der Waals surface area (Å²) < 4.78 is 11.2. The van der Waals surface area contributed by atoms with Gasteiger partial charge in [-0.05, 0) is 44.6 Å². The fourth-order valence-electron chi connectivity index (χ4n) is 3.86. The molecule has 0 unspecified atom stereocenters. The van der Waals surface area contributed by atoms with Crippen LogP contribution in [0.15, 0.2) is 30.3 Å². The molecule has 2 saturated heterocycles. The minimum absolute atomic E-state index is 0.0166. The van der Waals surface area contributed by atoms with Crippen molar-refractivity contribution in [2.75, 3.05) is 26.3 Å². The summed E-state index contributed by atoms with van der Waals surface area (Å²) in [6.07, 6.45) is 3.28. The maximum absolute atomic E-state index is 12.8. The zero-order valence-electron chi connectivity index (χ0n) is 15.3. The van der Waals surface area contributed by atoms with Crippen LogP contribution in [0.4, 0.5) is 4.79 Å². The van der Waals surface area contributed by atoms with Crippen molar-refractivity contribution in [2.45, 2.75) is 51.4 Å². The van der Waals surface area contributed by atoms with E-state index < -0.39 is 0 Å². The topological polar surface area (TPSA) is 50.8 Å². The van der Waals surface area contributed by atoms with Gasteiger partial charge < -0.3 is 19.7 Å². The van der Waals surface area contributed by atoms with Gasteiger partial charge in [-0.25, -0.2) is 4.79 Å². The molecule has 3 atom stereocenters. The van der Waals surface area contributed by atoms with Crippen LogP contribution < -0.4 is 5.32 Å². The van der Waals surface area contributed by atoms with Crippen LogP contribution in [0.1, 0.15) is 44.7 Å². The summed E-state index contributed by atoms with van der Waals surface area (Å²) in [4.78, 5) is 14.7. The molecule has 5 heteroatoms. The summed E-state index contributed by atoms with van der Waals surface area (Å²) in [7, 11) is 0. The molecular weight excluding hydrogens is 316 g/mol. The Bertz CT molecular complexity index is 535. The third-order valence-corrected chi connectivity index (χ3v) is 5.12. The highest BCUT2D eigenvalue weighted by Gasteiger charge is 2.28. The number of ether oxygens (including phenoxy) is 2. The summed E-state index contributed by atoms with van der Waals surface area (Å²) in [5.74, 6) is 0.599. The number of urea groups is 1. The zero-order valence-corrected chi connectivity index (χ0v) is 15.3. The number of amides is 2. The van der Waals surface area contributed by atoms with Gasteiger partial charge in [0.1, 0.15) is 0 Å². The van der Waals surface area contributed by atoms with E-state index in [1.165, 1.54) is 5.56 Å². The Labute approximate surface area is 150 Å². The first-order valence-corrected chi connectivity index (χ1v) is 9.45. The molecule has 2 fully saturated rings. The Morgan fingerprint density at radius 3 is 2.44 bits per heavy atom. The maximum atomic E-state index is 12.8. The van der Waals surface area contributed by atoms with E-state index in [2.05, 4.69) is 17.4 Å². The first kappa shape index (κ1) is 18.2. The van der Waals surface area contributed by atoms with E-state index >= 15 is 0 Å². The summed E-state index contributed by atoms with van der Waals surface area (Å²) in [5, 5.41) is 3.28. The van der Waals surface area contributed by atoms with E-state index in [-0.39, 0.29) is 24.3 Å². The third-order valence-electron chi connectivity index (χ3n) is 5.12. The first-order valence-electron chi connectivity index (χ1n) is 9.45. The number of carbonyl (C=O) groups is 1. The molecule has 138 valence electrons. The smallest absolute Gasteiger partial charge is 0.318 e. The molecule has 3 rings (SSSR count). The SMILES string of the molecule is C[C@@H]1CN(C(=O)N[C@@H](CC2CCOCC2)c2ccccc2)C[C@H](C)O1. The number of nitrogens with one attached hydrogen (secondary N) is 1. The van der Waals surface area contributed by atoms with Crippen LogP contribution in [-0.4, -0.2) is 49.4 Å². The summed E-state index contributed by atoms with van der Waals surface area (Å²) in [6.45, 7) is 7.00. The van der Waals surface area contributed by atoms with Crippen molar-refractivity contribution in [3.05, 3.63) is 35.9 Å². The molecule has 2 aliphatic heterocycles. The molecule has 0 radical (unpaired) electrons. The molecule has 0 spiro atoms. The van der Waals surface area contributed by atoms with Crippen molar-refractivity contribution < 1.29 is 14.3 Å². The molecule has 0 aliphatic carbocycles. The first-order chi connectivity index (χ1) is 12.1. The second kappa shape index (κ2) is 8.68. The fourth-order valence-corrected chi connectivity index (χ4v) is 3.86. The van der Waals surface area contributed by atoms with Gasteiger partial charge in [0.2, 0.25) is 0 Å². The van der Waals surface area contributed by atoms with Crippen LogP contribution in [0.3, 0.4) is 0 Å². The molecule has 2 aliphatic rings. The molecule has 2 amide bonds. The van der Waals surface area contributed by atoms with Crippen molar-refractivity contribution in [1.29, 1.82) is 0 Å². The quantitative estimate of drug-likeness (QED) is 0.909. The van der Waals surface area contributed by atoms with E-state index in [0.29, 0.717) is 19.0 Å². The van der Waals surface area contributed by atoms with Gasteiger partial charge in [0, 0.05) is 26.3 Å². The number of hydrogen-bond acceptors (Lipinski definition) is 3. The van der Waals surface area contributed by atoms with Gasteiger partial charge in [0.15, 0.2) is 0 Å². The van der Waals surface area contributed by atoms with E-state index in [0.717, 1.165) is 32.5 Å². The van der Waals surface area contributed by atoms with E-state index in [9.17, 15) is 4.79 Å². The number of nitrogens with zero attached hydrogens (tertiary/aromatic N) is 1. The molecule has 5 nitrogen and oxygen atoms in total. The second-order valence-electron chi connectivity index (χ2n) is 7.37. The highest BCUT2D eigenvalue weighted by Crippen LogP contribution is 2.28. The van der Waals surface area contributed by atoms with Crippen molar-refractivity contribution in [2.24, 2.45) is 5.92 Å². The van der Waals surface area contributed by atoms with Crippen LogP contribution >= 0.6 is 0 Å². The lowest BCUT2D eigenvalue weighted by atomic mass is 9.89. The summed E-state index contributed by atoms with van der Waals surface area (Å²) >= 11 is 0. The molecule has 0 aromatic heterocycles. The Morgan fingerprint density at radius 1 is 1.16 bits per heavy atom. The van der Waals surface area contributed by atoms with Gasteiger partial charge in [0.05, 0.1) is 18.2 Å².